The molecule has 4 aliphatic heterocycles. The van der Waals surface area contributed by atoms with Crippen molar-refractivity contribution in [3.05, 3.63) is 82.6 Å². The topological polar surface area (TPSA) is 260 Å². The Bertz CT molecular complexity index is 2210. The molecule has 18 nitrogen and oxygen atoms in total. The molecule has 4 heterocycles. The second kappa shape index (κ2) is 23.4. The number of carbonyl (C=O) groups is 3. The highest BCUT2D eigenvalue weighted by Gasteiger charge is 2.47. The molecule has 0 aliphatic carbocycles. The number of rotatable bonds is 19. The summed E-state index contributed by atoms with van der Waals surface area (Å²) in [6.07, 6.45) is -4.40. The number of ether oxygens (including phenoxy) is 4. The Morgan fingerprint density at radius 1 is 0.735 bits per heavy atom. The van der Waals surface area contributed by atoms with E-state index < -0.39 is 78.2 Å². The number of allylic oxidation sites excluding steroid dienone is 4. The van der Waals surface area contributed by atoms with Crippen molar-refractivity contribution < 1.29 is 97.6 Å². The van der Waals surface area contributed by atoms with E-state index in [9.17, 15) is 50.1 Å². The number of carbonyl (C=O) groups excluding carboxylic acids is 2. The number of halogens is 1. The van der Waals surface area contributed by atoms with E-state index in [2.05, 4.69) is 73.0 Å². The van der Waals surface area contributed by atoms with E-state index in [1.165, 1.54) is 14.2 Å². The SMILES string of the molecule is CCN1/C(=C\C=C\C2=[N+](CCCCCC(=O)O)c3ccc(CC(=O)NC[C@H]4O[C@H](OC)[C@H](O)[C@@H](O)[C@@H]4O)cc3C2(C)C)C(C)(C)c2cc(CC(=O)NC[C@H]3O[C@H](OC)[C@H](O)[C@@H](O)[C@@H]3O)ccc21.[I-]. The molecule has 4 aliphatic rings. The maximum Gasteiger partial charge on any atom is 0.303 e. The van der Waals surface area contributed by atoms with Crippen molar-refractivity contribution in [2.24, 2.45) is 0 Å². The fourth-order valence-corrected chi connectivity index (χ4v) is 9.68. The summed E-state index contributed by atoms with van der Waals surface area (Å²) >= 11 is 0. The molecule has 2 saturated heterocycles. The molecule has 2 amide bonds. The molecule has 0 saturated carbocycles. The molecular formula is C49H69IN4O14. The first kappa shape index (κ1) is 55.1. The molecule has 10 atom stereocenters. The number of aliphatic hydroxyl groups is 6. The normalized spacial score (nSPS) is 28.9. The van der Waals surface area contributed by atoms with E-state index in [1.807, 2.05) is 36.4 Å². The average molecular weight is 1070 g/mol. The standard InChI is InChI=1S/C49H68N4O14.HI/c1-8-52-31-18-16-27(23-37(54)50-25-33-40(58)42(60)44(62)46(64-6)66-33)21-29(31)48(2,3)35(52)13-12-14-36-49(4,5)30-22-28(17-19-32(30)53(36)20-11-9-10-15-39(56)57)24-38(55)51-26-34-41(59)43(61)45(63)47(65-7)67-34;/h12-14,16-19,21-22,33-34,40-47,58-63H,8-11,15,20,23-26H2,1-7H3,(H2-,50,51,54,55,56,57);1H/t33-,34-,40-,41-,42+,43+,44-,45-,46+,47+;/m1./s1. The van der Waals surface area contributed by atoms with Crippen LogP contribution >= 0.6 is 0 Å². The highest BCUT2D eigenvalue weighted by molar-refractivity contribution is 6.03. The quantitative estimate of drug-likeness (QED) is 0.0427. The predicted octanol–water partition coefficient (Wildman–Crippen LogP) is -1.80. The molecule has 0 unspecified atom stereocenters. The van der Waals surface area contributed by atoms with Crippen molar-refractivity contribution in [2.45, 2.75) is 145 Å². The van der Waals surface area contributed by atoms with E-state index in [0.717, 1.165) is 57.9 Å². The van der Waals surface area contributed by atoms with Crippen molar-refractivity contribution in [3.63, 3.8) is 0 Å². The molecule has 9 N–H and O–H groups in total. The first-order chi connectivity index (χ1) is 31.7. The minimum Gasteiger partial charge on any atom is -1.00 e. The number of methoxy groups -OCH3 is 2. The van der Waals surface area contributed by atoms with Gasteiger partial charge < -0.3 is 94.2 Å². The third kappa shape index (κ3) is 11.8. The van der Waals surface area contributed by atoms with Crippen molar-refractivity contribution in [2.75, 3.05) is 45.3 Å². The number of aliphatic hydroxyl groups excluding tert-OH is 6. The number of amides is 2. The third-order valence-corrected chi connectivity index (χ3v) is 13.5. The zero-order chi connectivity index (χ0) is 49.0. The smallest absolute Gasteiger partial charge is 0.303 e. The zero-order valence-electron chi connectivity index (χ0n) is 39.8. The van der Waals surface area contributed by atoms with Gasteiger partial charge in [-0.3, -0.25) is 14.4 Å². The summed E-state index contributed by atoms with van der Waals surface area (Å²) < 4.78 is 23.6. The van der Waals surface area contributed by atoms with E-state index >= 15 is 0 Å². The number of fused-ring (bicyclic) bond motifs is 2. The molecule has 2 fully saturated rings. The van der Waals surface area contributed by atoms with Crippen molar-refractivity contribution in [1.82, 2.24) is 10.6 Å². The second-order valence-corrected chi connectivity index (χ2v) is 18.8. The minimum absolute atomic E-state index is 0. The second-order valence-electron chi connectivity index (χ2n) is 18.8. The van der Waals surface area contributed by atoms with Gasteiger partial charge in [0.1, 0.15) is 55.4 Å². The van der Waals surface area contributed by atoms with Crippen LogP contribution in [-0.2, 0) is 57.0 Å². The Kier molecular flexibility index (Phi) is 18.9. The fourth-order valence-electron chi connectivity index (χ4n) is 9.68. The Labute approximate surface area is 414 Å². The van der Waals surface area contributed by atoms with Crippen LogP contribution in [0.4, 0.5) is 11.4 Å². The number of benzene rings is 2. The van der Waals surface area contributed by atoms with Gasteiger partial charge in [-0.1, -0.05) is 38.1 Å². The zero-order valence-corrected chi connectivity index (χ0v) is 42.0. The fraction of sp³-hybridized carbons (Fsp3) is 0.592. The van der Waals surface area contributed by atoms with Gasteiger partial charge in [0.15, 0.2) is 18.3 Å². The van der Waals surface area contributed by atoms with Crippen LogP contribution in [0.2, 0.25) is 0 Å². The van der Waals surface area contributed by atoms with Crippen LogP contribution in [0.3, 0.4) is 0 Å². The van der Waals surface area contributed by atoms with Crippen molar-refractivity contribution in [1.29, 1.82) is 0 Å². The Morgan fingerprint density at radius 2 is 1.26 bits per heavy atom. The number of hydrogen-bond acceptors (Lipinski definition) is 14. The first-order valence-corrected chi connectivity index (χ1v) is 23.0. The molecule has 2 aromatic rings. The van der Waals surface area contributed by atoms with Gasteiger partial charge in [-0.15, -0.1) is 0 Å². The first-order valence-electron chi connectivity index (χ1n) is 23.0. The van der Waals surface area contributed by atoms with Crippen LogP contribution in [0.1, 0.15) is 82.6 Å². The van der Waals surface area contributed by atoms with Crippen LogP contribution in [0.15, 0.2) is 60.3 Å². The van der Waals surface area contributed by atoms with Gasteiger partial charge in [-0.05, 0) is 68.5 Å². The highest BCUT2D eigenvalue weighted by atomic mass is 127. The van der Waals surface area contributed by atoms with Crippen LogP contribution in [-0.4, -0.2) is 166 Å². The van der Waals surface area contributed by atoms with E-state index in [1.54, 1.807) is 0 Å². The number of likely N-dealkylation sites (N-methyl/N-ethyl adjacent to an activating group) is 1. The molecular weight excluding hydrogens is 995 g/mol. The average Bonchev–Trinajstić information content (AvgIpc) is 3.63. The number of hydrogen-bond donors (Lipinski definition) is 9. The van der Waals surface area contributed by atoms with Gasteiger partial charge in [-0.25, -0.2) is 0 Å². The van der Waals surface area contributed by atoms with Crippen molar-refractivity contribution >= 4 is 34.9 Å². The van der Waals surface area contributed by atoms with E-state index in [4.69, 9.17) is 18.9 Å². The molecule has 19 heteroatoms. The summed E-state index contributed by atoms with van der Waals surface area (Å²) in [5.74, 6) is -1.45. The highest BCUT2D eigenvalue weighted by Crippen LogP contribution is 2.48. The van der Waals surface area contributed by atoms with Crippen LogP contribution in [0, 0.1) is 0 Å². The number of nitrogens with one attached hydrogen (secondary N) is 2. The molecule has 0 aromatic heterocycles. The lowest BCUT2D eigenvalue weighted by Gasteiger charge is -2.39. The van der Waals surface area contributed by atoms with Gasteiger partial charge in [0.25, 0.3) is 0 Å². The van der Waals surface area contributed by atoms with Crippen LogP contribution in [0.5, 0.6) is 0 Å². The number of carboxylic acids is 1. The van der Waals surface area contributed by atoms with Gasteiger partial charge in [0, 0.05) is 81.2 Å². The lowest BCUT2D eigenvalue weighted by Crippen LogP contribution is -3.00. The lowest BCUT2D eigenvalue weighted by atomic mass is 9.80. The lowest BCUT2D eigenvalue weighted by molar-refractivity contribution is -0.438. The van der Waals surface area contributed by atoms with E-state index in [-0.39, 0.29) is 68.1 Å². The van der Waals surface area contributed by atoms with Crippen molar-refractivity contribution in [3.8, 4) is 0 Å². The van der Waals surface area contributed by atoms with Gasteiger partial charge in [0.2, 0.25) is 17.5 Å². The number of aliphatic carboxylic acids is 1. The molecule has 0 radical (unpaired) electrons. The molecule has 376 valence electrons. The van der Waals surface area contributed by atoms with Crippen LogP contribution in [0.25, 0.3) is 0 Å². The van der Waals surface area contributed by atoms with Gasteiger partial charge in [0.05, 0.1) is 18.3 Å². The Balaban J connectivity index is 0.00000864. The number of unbranched alkanes of at least 4 members (excludes halogenated alkanes) is 2. The Morgan fingerprint density at radius 3 is 1.78 bits per heavy atom. The third-order valence-electron chi connectivity index (χ3n) is 13.5. The number of anilines is 1. The Hall–Kier alpha value is -3.87. The monoisotopic (exact) mass is 1060 g/mol. The predicted molar refractivity (Wildman–Crippen MR) is 246 cm³/mol. The summed E-state index contributed by atoms with van der Waals surface area (Å²) in [4.78, 5) is 39.9. The summed E-state index contributed by atoms with van der Waals surface area (Å²) in [5.41, 5.74) is 6.85. The minimum atomic E-state index is -1.50. The summed E-state index contributed by atoms with van der Waals surface area (Å²) in [5, 5.41) is 76.3. The molecule has 2 aromatic carbocycles. The molecule has 0 spiro atoms. The number of carboxylic acid groups (broad SMARTS) is 1. The van der Waals surface area contributed by atoms with E-state index in [0.29, 0.717) is 19.5 Å². The van der Waals surface area contributed by atoms with Crippen LogP contribution < -0.4 is 39.5 Å². The maximum absolute atomic E-state index is 13.2. The summed E-state index contributed by atoms with van der Waals surface area (Å²) in [7, 11) is 2.62. The molecule has 68 heavy (non-hydrogen) atoms. The summed E-state index contributed by atoms with van der Waals surface area (Å²) in [6, 6.07) is 11.9. The van der Waals surface area contributed by atoms with Gasteiger partial charge >= 0.3 is 5.97 Å². The summed E-state index contributed by atoms with van der Waals surface area (Å²) in [6.45, 7) is 11.8. The maximum atomic E-state index is 13.2. The molecule has 6 rings (SSSR count). The molecule has 0 bridgehead atoms. The van der Waals surface area contributed by atoms with Gasteiger partial charge in [-0.2, -0.15) is 4.58 Å². The largest absolute Gasteiger partial charge is 1.00 e. The number of nitrogens with zero attached hydrogens (tertiary/aromatic N) is 2.